The lowest BCUT2D eigenvalue weighted by atomic mass is 9.40. The topological polar surface area (TPSA) is 75.6 Å². The van der Waals surface area contributed by atoms with E-state index in [4.69, 9.17) is 10.7 Å². The van der Waals surface area contributed by atoms with Gasteiger partial charge in [0.25, 0.3) is 0 Å². The van der Waals surface area contributed by atoms with E-state index in [1.165, 1.54) is 11.3 Å². The van der Waals surface area contributed by atoms with E-state index >= 15 is 0 Å². The molecular formula is C17H20B6N4S. The number of nitrogen functional groups attached to an aromatic ring is 1. The number of hydrogen-bond donors (Lipinski definition) is 1. The minimum Gasteiger partial charge on any atom is -0.375 e. The van der Waals surface area contributed by atoms with Crippen LogP contribution in [-0.4, -0.2) is 57.0 Å². The molecule has 3 rings (SSSR count). The maximum Gasteiger partial charge on any atom is 0.181 e. The van der Waals surface area contributed by atoms with Gasteiger partial charge in [0.15, 0.2) is 5.13 Å². The number of hydrogen-bond acceptors (Lipinski definition) is 5. The Labute approximate surface area is 175 Å². The van der Waals surface area contributed by atoms with Crippen molar-refractivity contribution >= 4 is 63.5 Å². The SMILES string of the molecule is BC(B)(B)c1cc(-c2sc(N)nc2-c2cccc(C#N)c2)cc(C(B)(B)B)n1. The molecule has 2 heterocycles. The molecule has 1 aromatic carbocycles. The molecule has 0 aliphatic heterocycles. The van der Waals surface area contributed by atoms with Gasteiger partial charge in [-0.15, -0.1) is 0 Å². The first-order valence-electron chi connectivity index (χ1n) is 9.29. The number of aromatic nitrogens is 2. The standard InChI is InChI=1S/C17H20B6N4S/c18-16(19,20)11-5-10(6-12(26-11)17(21,22)23)14-13(27-15(25)28-14)9-3-1-2-8(4-9)7-24/h1-6H,18-23H2,(H2,25,27). The first kappa shape index (κ1) is 20.4. The van der Waals surface area contributed by atoms with E-state index < -0.39 is 0 Å². The monoisotopic (exact) mass is 378 g/mol. The molecule has 4 nitrogen and oxygen atoms in total. The van der Waals surface area contributed by atoms with Crippen molar-refractivity contribution in [2.45, 2.75) is 10.2 Å². The molecule has 0 radical (unpaired) electrons. The summed E-state index contributed by atoms with van der Waals surface area (Å²) < 4.78 is 0. The van der Waals surface area contributed by atoms with E-state index in [0.717, 1.165) is 33.1 Å². The summed E-state index contributed by atoms with van der Waals surface area (Å²) in [7, 11) is 13.0. The number of anilines is 1. The van der Waals surface area contributed by atoms with Crippen LogP contribution in [-0.2, 0) is 10.2 Å². The highest BCUT2D eigenvalue weighted by molar-refractivity contribution is 7.19. The lowest BCUT2D eigenvalue weighted by Gasteiger charge is -2.25. The van der Waals surface area contributed by atoms with Gasteiger partial charge in [0.05, 0.1) is 69.3 Å². The first-order valence-corrected chi connectivity index (χ1v) is 10.1. The van der Waals surface area contributed by atoms with E-state index in [1.807, 2.05) is 18.2 Å². The largest absolute Gasteiger partial charge is 0.375 e. The van der Waals surface area contributed by atoms with Gasteiger partial charge in [-0.25, -0.2) is 4.98 Å². The molecular weight excluding hydrogens is 357 g/mol. The van der Waals surface area contributed by atoms with Crippen LogP contribution in [0.5, 0.6) is 0 Å². The molecule has 0 aliphatic carbocycles. The third-order valence-electron chi connectivity index (χ3n) is 4.53. The van der Waals surface area contributed by atoms with Crippen molar-refractivity contribution in [1.82, 2.24) is 9.97 Å². The third-order valence-corrected chi connectivity index (χ3v) is 5.47. The number of nitrogens with zero attached hydrogens (tertiary/aromatic N) is 3. The van der Waals surface area contributed by atoms with Crippen LogP contribution >= 0.6 is 11.3 Å². The van der Waals surface area contributed by atoms with Crippen LogP contribution in [0.25, 0.3) is 21.7 Å². The van der Waals surface area contributed by atoms with Gasteiger partial charge in [-0.05, 0) is 29.8 Å². The second-order valence-corrected chi connectivity index (χ2v) is 10.1. The molecule has 3 aromatic rings. The van der Waals surface area contributed by atoms with Gasteiger partial charge in [-0.1, -0.05) is 33.7 Å². The highest BCUT2D eigenvalue weighted by atomic mass is 32.1. The molecule has 0 saturated heterocycles. The van der Waals surface area contributed by atoms with Crippen LogP contribution < -0.4 is 5.73 Å². The third kappa shape index (κ3) is 4.23. The van der Waals surface area contributed by atoms with Gasteiger partial charge in [0.2, 0.25) is 0 Å². The predicted molar refractivity (Wildman–Crippen MR) is 135 cm³/mol. The molecule has 132 valence electrons. The predicted octanol–water partition coefficient (Wildman–Crippen LogP) is -2.65. The summed E-state index contributed by atoms with van der Waals surface area (Å²) in [5, 5.41) is 9.61. The van der Waals surface area contributed by atoms with Crippen LogP contribution in [0.4, 0.5) is 5.13 Å². The van der Waals surface area contributed by atoms with Crippen LogP contribution in [0.3, 0.4) is 0 Å². The van der Waals surface area contributed by atoms with Gasteiger partial charge in [-0.2, -0.15) is 5.26 Å². The van der Waals surface area contributed by atoms with Gasteiger partial charge >= 0.3 is 0 Å². The summed E-state index contributed by atoms with van der Waals surface area (Å²) in [6, 6.07) is 14.0. The van der Waals surface area contributed by atoms with E-state index in [1.54, 1.807) is 6.07 Å². The number of nitriles is 1. The molecule has 0 fully saturated rings. The number of benzene rings is 1. The molecule has 2 aromatic heterocycles. The molecule has 0 amide bonds. The molecule has 0 aliphatic rings. The Balaban J connectivity index is 2.26. The number of nitrogens with two attached hydrogens (primary N) is 1. The van der Waals surface area contributed by atoms with Gasteiger partial charge < -0.3 is 5.73 Å². The molecule has 28 heavy (non-hydrogen) atoms. The quantitative estimate of drug-likeness (QED) is 0.504. The lowest BCUT2D eigenvalue weighted by Crippen LogP contribution is -2.33. The minimum absolute atomic E-state index is 0.0763. The maximum absolute atomic E-state index is 9.25. The Kier molecular flexibility index (Phi) is 5.29. The normalized spacial score (nSPS) is 11.8. The fourth-order valence-electron chi connectivity index (χ4n) is 2.89. The highest BCUT2D eigenvalue weighted by Gasteiger charge is 2.24. The summed E-state index contributed by atoms with van der Waals surface area (Å²) in [4.78, 5) is 10.5. The number of thiazole rings is 1. The summed E-state index contributed by atoms with van der Waals surface area (Å²) >= 11 is 1.47. The van der Waals surface area contributed by atoms with Crippen molar-refractivity contribution in [2.24, 2.45) is 0 Å². The van der Waals surface area contributed by atoms with E-state index in [0.29, 0.717) is 10.7 Å². The molecule has 0 atom stereocenters. The van der Waals surface area contributed by atoms with Crippen molar-refractivity contribution < 1.29 is 0 Å². The maximum atomic E-state index is 9.25. The lowest BCUT2D eigenvalue weighted by molar-refractivity contribution is 0.994. The Hall–Kier alpha value is -2.32. The number of rotatable bonds is 4. The van der Waals surface area contributed by atoms with Crippen molar-refractivity contribution in [3.63, 3.8) is 0 Å². The average Bonchev–Trinajstić information content (AvgIpc) is 3.02. The van der Waals surface area contributed by atoms with Crippen LogP contribution in [0.2, 0.25) is 0 Å². The summed E-state index contributed by atoms with van der Waals surface area (Å²) in [5.74, 6) is 0. The Morgan fingerprint density at radius 3 is 2.04 bits per heavy atom. The second kappa shape index (κ2) is 7.25. The van der Waals surface area contributed by atoms with Crippen LogP contribution in [0.15, 0.2) is 36.4 Å². The average molecular weight is 377 g/mol. The fraction of sp³-hybridized carbons (Fsp3) is 0.118. The molecule has 0 unspecified atom stereocenters. The van der Waals surface area contributed by atoms with Crippen LogP contribution in [0.1, 0.15) is 17.0 Å². The summed E-state index contributed by atoms with van der Waals surface area (Å²) in [5.41, 5.74) is 11.6. The molecule has 0 bridgehead atoms. The zero-order chi connectivity index (χ0) is 20.7. The smallest absolute Gasteiger partial charge is 0.181 e. The van der Waals surface area contributed by atoms with Gasteiger partial charge in [0, 0.05) is 17.0 Å². The summed E-state index contributed by atoms with van der Waals surface area (Å²) in [6.07, 6.45) is 0. The van der Waals surface area contributed by atoms with Crippen LogP contribution in [0, 0.1) is 11.3 Å². The molecule has 0 saturated carbocycles. The van der Waals surface area contributed by atoms with Crippen molar-refractivity contribution in [3.05, 3.63) is 53.3 Å². The van der Waals surface area contributed by atoms with Crippen molar-refractivity contribution in [2.75, 3.05) is 5.73 Å². The molecule has 11 heteroatoms. The Morgan fingerprint density at radius 1 is 0.893 bits per heavy atom. The first-order chi connectivity index (χ1) is 13.0. The molecule has 0 spiro atoms. The van der Waals surface area contributed by atoms with Gasteiger partial charge in [0.1, 0.15) is 0 Å². The molecule has 2 N–H and O–H groups in total. The number of pyridine rings is 1. The van der Waals surface area contributed by atoms with E-state index in [2.05, 4.69) is 70.3 Å². The Morgan fingerprint density at radius 2 is 1.50 bits per heavy atom. The van der Waals surface area contributed by atoms with Crippen molar-refractivity contribution in [1.29, 1.82) is 5.26 Å². The Bertz CT molecular complexity index is 1050. The minimum atomic E-state index is -0.0763. The van der Waals surface area contributed by atoms with Crippen molar-refractivity contribution in [3.8, 4) is 27.8 Å². The van der Waals surface area contributed by atoms with E-state index in [9.17, 15) is 5.26 Å². The van der Waals surface area contributed by atoms with Gasteiger partial charge in [-0.3, -0.25) is 4.98 Å². The summed E-state index contributed by atoms with van der Waals surface area (Å²) in [6.45, 7) is 0. The van der Waals surface area contributed by atoms with E-state index in [-0.39, 0.29) is 10.2 Å². The fourth-order valence-corrected chi connectivity index (χ4v) is 3.74. The zero-order valence-corrected chi connectivity index (χ0v) is 18.1. The highest BCUT2D eigenvalue weighted by Crippen LogP contribution is 2.39. The zero-order valence-electron chi connectivity index (χ0n) is 17.3. The second-order valence-electron chi connectivity index (χ2n) is 9.05.